The Morgan fingerprint density at radius 1 is 1.00 bits per heavy atom. The maximum atomic E-state index is 5.31. The number of methoxy groups -OCH3 is 1. The predicted octanol–water partition coefficient (Wildman–Crippen LogP) is 5.89. The van der Waals surface area contributed by atoms with E-state index in [4.69, 9.17) is 9.72 Å². The Bertz CT molecular complexity index is 1140. The standard InChI is InChI=1S/C22H24N4OS2/c1-14-7-9-26(10-8-14)13-15-3-5-17-19(11-15)28-21(23-17)25-22-24-18-6-4-16(27-2)12-20(18)29-22/h3-6,11-12,14H,7-10,13H2,1-2H3,(H,23,24,25). The highest BCUT2D eigenvalue weighted by Crippen LogP contribution is 2.34. The van der Waals surface area contributed by atoms with Gasteiger partial charge in [0, 0.05) is 6.54 Å². The second kappa shape index (κ2) is 7.89. The number of thiazole rings is 2. The van der Waals surface area contributed by atoms with Crippen molar-refractivity contribution in [1.29, 1.82) is 0 Å². The number of anilines is 2. The molecule has 0 amide bonds. The van der Waals surface area contributed by atoms with Crippen molar-refractivity contribution >= 4 is 53.4 Å². The maximum absolute atomic E-state index is 5.31. The first-order valence-corrected chi connectivity index (χ1v) is 11.6. The van der Waals surface area contributed by atoms with Gasteiger partial charge in [0.1, 0.15) is 5.75 Å². The number of hydrogen-bond donors (Lipinski definition) is 1. The number of aromatic nitrogens is 2. The van der Waals surface area contributed by atoms with Crippen LogP contribution in [0.2, 0.25) is 0 Å². The zero-order chi connectivity index (χ0) is 19.8. The van der Waals surface area contributed by atoms with E-state index in [0.717, 1.165) is 44.2 Å². The molecule has 0 radical (unpaired) electrons. The minimum absolute atomic E-state index is 0.850. The van der Waals surface area contributed by atoms with Gasteiger partial charge in [0.05, 0.1) is 27.5 Å². The molecule has 1 saturated heterocycles. The summed E-state index contributed by atoms with van der Waals surface area (Å²) >= 11 is 3.30. The molecular weight excluding hydrogens is 400 g/mol. The number of ether oxygens (including phenoxy) is 1. The number of nitrogens with one attached hydrogen (secondary N) is 1. The number of fused-ring (bicyclic) bond motifs is 2. The second-order valence-electron chi connectivity index (χ2n) is 7.76. The summed E-state index contributed by atoms with van der Waals surface area (Å²) in [5.74, 6) is 1.72. The van der Waals surface area contributed by atoms with E-state index in [9.17, 15) is 0 Å². The molecule has 1 aliphatic heterocycles. The molecular formula is C22H24N4OS2. The van der Waals surface area contributed by atoms with Crippen LogP contribution in [0.25, 0.3) is 20.4 Å². The average Bonchev–Trinajstić information content (AvgIpc) is 3.31. The Hall–Kier alpha value is -2.22. The van der Waals surface area contributed by atoms with Gasteiger partial charge < -0.3 is 10.1 Å². The molecule has 2 aromatic carbocycles. The van der Waals surface area contributed by atoms with Crippen LogP contribution in [-0.4, -0.2) is 35.1 Å². The number of benzene rings is 2. The van der Waals surface area contributed by atoms with Crippen molar-refractivity contribution in [3.63, 3.8) is 0 Å². The third kappa shape index (κ3) is 4.08. The van der Waals surface area contributed by atoms with Gasteiger partial charge in [0.15, 0.2) is 10.3 Å². The monoisotopic (exact) mass is 424 g/mol. The largest absolute Gasteiger partial charge is 0.497 e. The quantitative estimate of drug-likeness (QED) is 0.433. The molecule has 5 rings (SSSR count). The molecule has 0 spiro atoms. The van der Waals surface area contributed by atoms with Crippen LogP contribution in [0.15, 0.2) is 36.4 Å². The zero-order valence-electron chi connectivity index (χ0n) is 16.6. The molecule has 3 heterocycles. The Kier molecular flexibility index (Phi) is 5.11. The van der Waals surface area contributed by atoms with E-state index in [0.29, 0.717) is 0 Å². The molecule has 1 N–H and O–H groups in total. The summed E-state index contributed by atoms with van der Waals surface area (Å²) in [4.78, 5) is 12.0. The maximum Gasteiger partial charge on any atom is 0.190 e. The number of likely N-dealkylation sites (tertiary alicyclic amines) is 1. The second-order valence-corrected chi connectivity index (χ2v) is 9.82. The molecule has 2 aromatic heterocycles. The fraction of sp³-hybridized carbons (Fsp3) is 0.364. The molecule has 7 heteroatoms. The normalized spacial score (nSPS) is 15.9. The van der Waals surface area contributed by atoms with Gasteiger partial charge in [-0.05, 0) is 67.7 Å². The lowest BCUT2D eigenvalue weighted by Crippen LogP contribution is -2.32. The van der Waals surface area contributed by atoms with Gasteiger partial charge in [-0.1, -0.05) is 35.7 Å². The number of nitrogens with zero attached hydrogens (tertiary/aromatic N) is 3. The lowest BCUT2D eigenvalue weighted by Gasteiger charge is -2.30. The molecule has 4 aromatic rings. The fourth-order valence-corrected chi connectivity index (χ4v) is 5.66. The van der Waals surface area contributed by atoms with Crippen molar-refractivity contribution in [3.05, 3.63) is 42.0 Å². The van der Waals surface area contributed by atoms with Gasteiger partial charge in [-0.3, -0.25) is 4.90 Å². The molecule has 150 valence electrons. The molecule has 0 bridgehead atoms. The van der Waals surface area contributed by atoms with Crippen LogP contribution in [0, 0.1) is 5.92 Å². The number of hydrogen-bond acceptors (Lipinski definition) is 7. The van der Waals surface area contributed by atoms with Gasteiger partial charge >= 0.3 is 0 Å². The zero-order valence-corrected chi connectivity index (χ0v) is 18.3. The molecule has 1 fully saturated rings. The van der Waals surface area contributed by atoms with E-state index in [2.05, 4.69) is 40.3 Å². The van der Waals surface area contributed by atoms with E-state index in [1.165, 1.54) is 36.2 Å². The lowest BCUT2D eigenvalue weighted by atomic mass is 9.99. The molecule has 29 heavy (non-hydrogen) atoms. The Balaban J connectivity index is 1.33. The van der Waals surface area contributed by atoms with Crippen LogP contribution in [0.3, 0.4) is 0 Å². The first kappa shape index (κ1) is 18.8. The van der Waals surface area contributed by atoms with Gasteiger partial charge in [0.2, 0.25) is 0 Å². The van der Waals surface area contributed by atoms with Crippen molar-refractivity contribution in [3.8, 4) is 5.75 Å². The molecule has 0 aliphatic carbocycles. The van der Waals surface area contributed by atoms with E-state index in [-0.39, 0.29) is 0 Å². The van der Waals surface area contributed by atoms with Crippen molar-refractivity contribution < 1.29 is 4.74 Å². The van der Waals surface area contributed by atoms with Gasteiger partial charge in [0.25, 0.3) is 0 Å². The summed E-state index contributed by atoms with van der Waals surface area (Å²) in [6, 6.07) is 12.6. The highest BCUT2D eigenvalue weighted by Gasteiger charge is 2.16. The van der Waals surface area contributed by atoms with Crippen molar-refractivity contribution in [2.24, 2.45) is 5.92 Å². The number of piperidine rings is 1. The predicted molar refractivity (Wildman–Crippen MR) is 123 cm³/mol. The summed E-state index contributed by atoms with van der Waals surface area (Å²) in [6.07, 6.45) is 2.62. The summed E-state index contributed by atoms with van der Waals surface area (Å²) in [5.41, 5.74) is 3.38. The summed E-state index contributed by atoms with van der Waals surface area (Å²) in [7, 11) is 1.68. The number of rotatable bonds is 5. The third-order valence-corrected chi connectivity index (χ3v) is 7.41. The summed E-state index contributed by atoms with van der Waals surface area (Å²) in [6.45, 7) is 5.80. The van der Waals surface area contributed by atoms with Gasteiger partial charge in [-0.2, -0.15) is 0 Å². The third-order valence-electron chi connectivity index (χ3n) is 5.54. The average molecular weight is 425 g/mol. The van der Waals surface area contributed by atoms with Crippen LogP contribution in [0.1, 0.15) is 25.3 Å². The highest BCUT2D eigenvalue weighted by atomic mass is 32.1. The Labute approximate surface area is 178 Å². The van der Waals surface area contributed by atoms with Crippen molar-refractivity contribution in [2.75, 3.05) is 25.5 Å². The van der Waals surface area contributed by atoms with Crippen LogP contribution in [0.5, 0.6) is 5.75 Å². The highest BCUT2D eigenvalue weighted by molar-refractivity contribution is 7.24. The molecule has 0 saturated carbocycles. The van der Waals surface area contributed by atoms with Crippen LogP contribution < -0.4 is 10.1 Å². The van der Waals surface area contributed by atoms with E-state index in [1.807, 2.05) is 18.2 Å². The minimum Gasteiger partial charge on any atom is -0.497 e. The smallest absolute Gasteiger partial charge is 0.190 e. The SMILES string of the molecule is COc1ccc2nc(Nc3nc4ccc(CN5CCC(C)CC5)cc4s3)sc2c1. The Morgan fingerprint density at radius 2 is 1.66 bits per heavy atom. The fourth-order valence-electron chi connectivity index (χ4n) is 3.78. The molecule has 0 unspecified atom stereocenters. The lowest BCUT2D eigenvalue weighted by molar-refractivity contribution is 0.185. The van der Waals surface area contributed by atoms with E-state index < -0.39 is 0 Å². The first-order chi connectivity index (χ1) is 14.2. The van der Waals surface area contributed by atoms with E-state index >= 15 is 0 Å². The van der Waals surface area contributed by atoms with Crippen molar-refractivity contribution in [1.82, 2.24) is 14.9 Å². The molecule has 5 nitrogen and oxygen atoms in total. The first-order valence-electron chi connectivity index (χ1n) is 10.00. The minimum atomic E-state index is 0.850. The van der Waals surface area contributed by atoms with Crippen LogP contribution >= 0.6 is 22.7 Å². The van der Waals surface area contributed by atoms with E-state index in [1.54, 1.807) is 29.8 Å². The Morgan fingerprint density at radius 3 is 2.34 bits per heavy atom. The topological polar surface area (TPSA) is 50.3 Å². The van der Waals surface area contributed by atoms with Gasteiger partial charge in [-0.15, -0.1) is 0 Å². The summed E-state index contributed by atoms with van der Waals surface area (Å²) in [5, 5.41) is 5.13. The van der Waals surface area contributed by atoms with Crippen LogP contribution in [-0.2, 0) is 6.54 Å². The molecule has 1 aliphatic rings. The summed E-state index contributed by atoms with van der Waals surface area (Å²) < 4.78 is 7.63. The molecule has 0 atom stereocenters. The van der Waals surface area contributed by atoms with Crippen molar-refractivity contribution in [2.45, 2.75) is 26.3 Å². The van der Waals surface area contributed by atoms with Gasteiger partial charge in [-0.25, -0.2) is 9.97 Å². The van der Waals surface area contributed by atoms with Crippen LogP contribution in [0.4, 0.5) is 10.3 Å².